The van der Waals surface area contributed by atoms with Crippen molar-refractivity contribution in [3.63, 3.8) is 0 Å². The zero-order chi connectivity index (χ0) is 20.5. The van der Waals surface area contributed by atoms with E-state index in [2.05, 4.69) is 0 Å². The summed E-state index contributed by atoms with van der Waals surface area (Å²) in [5.74, 6) is -0.336. The first-order valence-corrected chi connectivity index (χ1v) is 10.7. The highest BCUT2D eigenvalue weighted by atomic mass is 16.6. The maximum Gasteiger partial charge on any atom is 0.410 e. The molecule has 0 radical (unpaired) electrons. The fourth-order valence-electron chi connectivity index (χ4n) is 4.40. The van der Waals surface area contributed by atoms with E-state index in [9.17, 15) is 14.7 Å². The summed E-state index contributed by atoms with van der Waals surface area (Å²) in [5, 5.41) is 11.0. The summed E-state index contributed by atoms with van der Waals surface area (Å²) in [7, 11) is 0. The van der Waals surface area contributed by atoms with Gasteiger partial charge in [0, 0.05) is 30.8 Å². The lowest BCUT2D eigenvalue weighted by molar-refractivity contribution is -0.128. The molecule has 156 valence electrons. The summed E-state index contributed by atoms with van der Waals surface area (Å²) in [4.78, 5) is 26.9. The summed E-state index contributed by atoms with van der Waals surface area (Å²) in [6.07, 6.45) is 3.33. The third kappa shape index (κ3) is 5.57. The highest BCUT2D eigenvalue weighted by Crippen LogP contribution is 2.33. The number of likely N-dealkylation sites (tertiary alicyclic amines) is 1. The average Bonchev–Trinajstić information content (AvgIpc) is 3.18. The van der Waals surface area contributed by atoms with Crippen LogP contribution in [0.15, 0.2) is 30.3 Å². The Hall–Kier alpha value is -1.88. The minimum Gasteiger partial charge on any atom is -0.445 e. The molecule has 1 aliphatic rings. The van der Waals surface area contributed by atoms with Crippen molar-refractivity contribution in [3.8, 4) is 0 Å². The van der Waals surface area contributed by atoms with Crippen molar-refractivity contribution >= 4 is 11.9 Å². The van der Waals surface area contributed by atoms with Crippen LogP contribution in [0.3, 0.4) is 0 Å². The molecule has 1 fully saturated rings. The molecule has 1 saturated heterocycles. The first-order chi connectivity index (χ1) is 13.5. The molecule has 1 aliphatic heterocycles. The number of nitrogens with zero attached hydrogens (tertiary/aromatic N) is 1. The van der Waals surface area contributed by atoms with E-state index in [1.165, 1.54) is 0 Å². The molecule has 4 atom stereocenters. The van der Waals surface area contributed by atoms with Gasteiger partial charge in [0.15, 0.2) is 0 Å². The maximum absolute atomic E-state index is 12.7. The largest absolute Gasteiger partial charge is 0.445 e. The van der Waals surface area contributed by atoms with Gasteiger partial charge in [0.25, 0.3) is 0 Å². The number of hydrogen-bond donors (Lipinski definition) is 1. The highest BCUT2D eigenvalue weighted by Gasteiger charge is 2.41. The second kappa shape index (κ2) is 11.2. The monoisotopic (exact) mass is 389 g/mol. The minimum atomic E-state index is -0.721. The molecule has 0 bridgehead atoms. The smallest absolute Gasteiger partial charge is 0.410 e. The van der Waals surface area contributed by atoms with Gasteiger partial charge < -0.3 is 14.7 Å². The van der Waals surface area contributed by atoms with E-state index >= 15 is 0 Å². The van der Waals surface area contributed by atoms with Gasteiger partial charge in [-0.1, -0.05) is 51.1 Å². The van der Waals surface area contributed by atoms with Crippen LogP contribution in [-0.2, 0) is 16.1 Å². The Bertz CT molecular complexity index is 618. The molecule has 0 saturated carbocycles. The first kappa shape index (κ1) is 22.4. The molecule has 1 heterocycles. The number of benzene rings is 1. The van der Waals surface area contributed by atoms with Crippen molar-refractivity contribution in [1.82, 2.24) is 4.90 Å². The van der Waals surface area contributed by atoms with Gasteiger partial charge in [-0.05, 0) is 37.7 Å². The molecule has 5 heteroatoms. The highest BCUT2D eigenvalue weighted by molar-refractivity contribution is 5.81. The first-order valence-electron chi connectivity index (χ1n) is 10.7. The zero-order valence-corrected chi connectivity index (χ0v) is 17.5. The lowest BCUT2D eigenvalue weighted by Gasteiger charge is -2.36. The number of hydrogen-bond acceptors (Lipinski definition) is 4. The number of carbonyl (C=O) groups excluding carboxylic acids is 2. The van der Waals surface area contributed by atoms with E-state index in [0.29, 0.717) is 19.4 Å². The second-order valence-electron chi connectivity index (χ2n) is 7.74. The van der Waals surface area contributed by atoms with Crippen molar-refractivity contribution in [2.24, 2.45) is 11.8 Å². The second-order valence-corrected chi connectivity index (χ2v) is 7.74. The van der Waals surface area contributed by atoms with Gasteiger partial charge in [-0.2, -0.15) is 0 Å². The van der Waals surface area contributed by atoms with Crippen LogP contribution < -0.4 is 0 Å². The molecule has 5 nitrogen and oxygen atoms in total. The van der Waals surface area contributed by atoms with Crippen molar-refractivity contribution in [2.45, 2.75) is 78.0 Å². The molecule has 1 aromatic rings. The maximum atomic E-state index is 12.7. The summed E-state index contributed by atoms with van der Waals surface area (Å²) in [5.41, 5.74) is 0.954. The zero-order valence-electron chi connectivity index (χ0n) is 17.5. The summed E-state index contributed by atoms with van der Waals surface area (Å²) in [6.45, 7) is 6.84. The van der Waals surface area contributed by atoms with Crippen molar-refractivity contribution in [3.05, 3.63) is 35.9 Å². The van der Waals surface area contributed by atoms with Gasteiger partial charge in [0.1, 0.15) is 12.4 Å². The molecule has 0 aliphatic carbocycles. The molecule has 28 heavy (non-hydrogen) atoms. The SMILES string of the molecule is CCCC(=O)C(CC)C(O)[C@H](CC)[C@H]1CCCN1C(=O)OCc1ccccc1. The Morgan fingerprint density at radius 2 is 1.89 bits per heavy atom. The van der Waals surface area contributed by atoms with Crippen molar-refractivity contribution in [1.29, 1.82) is 0 Å². The molecule has 1 aromatic carbocycles. The normalized spacial score (nSPS) is 19.9. The van der Waals surface area contributed by atoms with Crippen LogP contribution in [0, 0.1) is 11.8 Å². The Labute approximate surface area is 169 Å². The van der Waals surface area contributed by atoms with E-state index < -0.39 is 6.10 Å². The quantitative estimate of drug-likeness (QED) is 0.636. The molecule has 2 rings (SSSR count). The third-order valence-electron chi connectivity index (χ3n) is 5.91. The van der Waals surface area contributed by atoms with Crippen molar-refractivity contribution < 1.29 is 19.4 Å². The van der Waals surface area contributed by atoms with Crippen LogP contribution in [0.1, 0.15) is 64.9 Å². The Balaban J connectivity index is 2.04. The van der Waals surface area contributed by atoms with Crippen LogP contribution in [0.5, 0.6) is 0 Å². The minimum absolute atomic E-state index is 0.0771. The van der Waals surface area contributed by atoms with E-state index in [-0.39, 0.29) is 36.4 Å². The predicted octanol–water partition coefficient (Wildman–Crippen LogP) is 4.57. The molecule has 2 unspecified atom stereocenters. The number of rotatable bonds is 10. The number of ether oxygens (including phenoxy) is 1. The third-order valence-corrected chi connectivity index (χ3v) is 5.91. The van der Waals surface area contributed by atoms with E-state index in [4.69, 9.17) is 4.74 Å². The number of aliphatic hydroxyl groups is 1. The van der Waals surface area contributed by atoms with Gasteiger partial charge in [-0.25, -0.2) is 4.79 Å². The van der Waals surface area contributed by atoms with Crippen LogP contribution in [0.4, 0.5) is 4.79 Å². The average molecular weight is 390 g/mol. The Morgan fingerprint density at radius 3 is 2.50 bits per heavy atom. The molecule has 1 amide bonds. The van der Waals surface area contributed by atoms with Gasteiger partial charge >= 0.3 is 6.09 Å². The summed E-state index contributed by atoms with van der Waals surface area (Å²) >= 11 is 0. The molecular weight excluding hydrogens is 354 g/mol. The molecule has 0 spiro atoms. The van der Waals surface area contributed by atoms with Gasteiger partial charge in [-0.3, -0.25) is 4.79 Å². The lowest BCUT2D eigenvalue weighted by atomic mass is 9.79. The Kier molecular flexibility index (Phi) is 8.97. The summed E-state index contributed by atoms with van der Waals surface area (Å²) < 4.78 is 5.53. The van der Waals surface area contributed by atoms with E-state index in [1.807, 2.05) is 51.1 Å². The topological polar surface area (TPSA) is 66.8 Å². The number of aliphatic hydroxyl groups excluding tert-OH is 1. The number of ketones is 1. The standard InChI is InChI=1S/C23H35NO4/c1-4-11-21(25)19(6-3)22(26)18(5-2)20-14-10-15-24(20)23(27)28-16-17-12-8-7-9-13-17/h7-9,12-13,18-20,22,26H,4-6,10-11,14-16H2,1-3H3/t18-,19?,20-,22?/m1/s1. The lowest BCUT2D eigenvalue weighted by Crippen LogP contribution is -2.47. The fraction of sp³-hybridized carbons (Fsp3) is 0.652. The van der Waals surface area contributed by atoms with Gasteiger partial charge in [0.2, 0.25) is 0 Å². The van der Waals surface area contributed by atoms with Crippen LogP contribution in [0.25, 0.3) is 0 Å². The Morgan fingerprint density at radius 1 is 1.18 bits per heavy atom. The number of amides is 1. The molecule has 0 aromatic heterocycles. The van der Waals surface area contributed by atoms with E-state index in [1.54, 1.807) is 4.90 Å². The molecule has 1 N–H and O–H groups in total. The fourth-order valence-corrected chi connectivity index (χ4v) is 4.40. The van der Waals surface area contributed by atoms with Crippen LogP contribution >= 0.6 is 0 Å². The van der Waals surface area contributed by atoms with E-state index in [0.717, 1.165) is 31.2 Å². The number of Topliss-reactive ketones (excluding diaryl/α,β-unsaturated/α-hetero) is 1. The van der Waals surface area contributed by atoms with Gasteiger partial charge in [0.05, 0.1) is 6.10 Å². The van der Waals surface area contributed by atoms with Gasteiger partial charge in [-0.15, -0.1) is 0 Å². The van der Waals surface area contributed by atoms with Crippen molar-refractivity contribution in [2.75, 3.05) is 6.54 Å². The predicted molar refractivity (Wildman–Crippen MR) is 110 cm³/mol. The summed E-state index contributed by atoms with van der Waals surface area (Å²) in [6, 6.07) is 9.55. The van der Waals surface area contributed by atoms with Crippen LogP contribution in [-0.4, -0.2) is 40.6 Å². The van der Waals surface area contributed by atoms with Crippen LogP contribution in [0.2, 0.25) is 0 Å². The molecular formula is C23H35NO4. The number of carbonyl (C=O) groups is 2.